The predicted octanol–water partition coefficient (Wildman–Crippen LogP) is 1.42. The molecule has 21 heavy (non-hydrogen) atoms. The van der Waals surface area contributed by atoms with Crippen molar-refractivity contribution in [1.82, 2.24) is 15.6 Å². The fourth-order valence-electron chi connectivity index (χ4n) is 1.44. The first-order valence-corrected chi connectivity index (χ1v) is 9.23. The Morgan fingerprint density at radius 3 is 2.62 bits per heavy atom. The van der Waals surface area contributed by atoms with Gasteiger partial charge in [-0.1, -0.05) is 13.8 Å². The summed E-state index contributed by atoms with van der Waals surface area (Å²) < 4.78 is 22.8. The molecule has 0 aliphatic rings. The number of aryl methyl sites for hydroxylation is 1. The molecule has 0 fully saturated rings. The van der Waals surface area contributed by atoms with E-state index < -0.39 is 9.84 Å². The minimum Gasteiger partial charge on any atom is -0.355 e. The van der Waals surface area contributed by atoms with E-state index in [0.717, 1.165) is 11.4 Å². The first-order chi connectivity index (χ1) is 9.50. The van der Waals surface area contributed by atoms with E-state index in [0.29, 0.717) is 19.0 Å². The number of halogens is 1. The minimum absolute atomic E-state index is 0. The number of hydrogen-bond donors (Lipinski definition) is 2. The van der Waals surface area contributed by atoms with E-state index in [1.165, 1.54) is 4.88 Å². The molecule has 0 aliphatic heterocycles. The predicted molar refractivity (Wildman–Crippen MR) is 99.4 cm³/mol. The Morgan fingerprint density at radius 2 is 2.10 bits per heavy atom. The number of rotatable bonds is 7. The second-order valence-corrected chi connectivity index (χ2v) is 7.84. The lowest BCUT2D eigenvalue weighted by Crippen LogP contribution is -2.39. The molecule has 9 heteroatoms. The van der Waals surface area contributed by atoms with Crippen LogP contribution in [0.1, 0.15) is 23.7 Å². The fourth-order valence-corrected chi connectivity index (χ4v) is 2.95. The van der Waals surface area contributed by atoms with Crippen molar-refractivity contribution in [1.29, 1.82) is 0 Å². The second-order valence-electron chi connectivity index (χ2n) is 4.16. The Morgan fingerprint density at radius 1 is 1.38 bits per heavy atom. The molecule has 0 saturated carbocycles. The average molecular weight is 446 g/mol. The van der Waals surface area contributed by atoms with Crippen molar-refractivity contribution in [2.45, 2.75) is 26.8 Å². The van der Waals surface area contributed by atoms with Crippen LogP contribution in [0.25, 0.3) is 0 Å². The van der Waals surface area contributed by atoms with Gasteiger partial charge in [-0.15, -0.1) is 35.3 Å². The van der Waals surface area contributed by atoms with Gasteiger partial charge >= 0.3 is 0 Å². The van der Waals surface area contributed by atoms with Gasteiger partial charge in [-0.05, 0) is 6.42 Å². The van der Waals surface area contributed by atoms with Crippen molar-refractivity contribution in [3.05, 3.63) is 16.1 Å². The minimum atomic E-state index is -2.95. The Kier molecular flexibility index (Phi) is 10.1. The van der Waals surface area contributed by atoms with Crippen LogP contribution < -0.4 is 10.6 Å². The largest absolute Gasteiger partial charge is 0.355 e. The zero-order valence-electron chi connectivity index (χ0n) is 12.5. The molecule has 1 aromatic heterocycles. The van der Waals surface area contributed by atoms with Gasteiger partial charge in [-0.3, -0.25) is 4.99 Å². The van der Waals surface area contributed by atoms with Gasteiger partial charge in [0.05, 0.1) is 12.3 Å². The lowest BCUT2D eigenvalue weighted by molar-refractivity contribution is 0.595. The highest BCUT2D eigenvalue weighted by molar-refractivity contribution is 14.0. The molecule has 122 valence electrons. The quantitative estimate of drug-likeness (QED) is 0.376. The van der Waals surface area contributed by atoms with Crippen LogP contribution in [-0.4, -0.2) is 44.5 Å². The summed E-state index contributed by atoms with van der Waals surface area (Å²) in [4.78, 5) is 9.60. The number of sulfone groups is 1. The van der Waals surface area contributed by atoms with Crippen molar-refractivity contribution in [2.75, 3.05) is 25.1 Å². The molecule has 0 atom stereocenters. The van der Waals surface area contributed by atoms with E-state index in [-0.39, 0.29) is 35.5 Å². The summed E-state index contributed by atoms with van der Waals surface area (Å²) in [7, 11) is -1.29. The molecule has 0 amide bonds. The molecule has 0 aliphatic carbocycles. The molecule has 1 heterocycles. The number of thiazole rings is 1. The molecule has 2 N–H and O–H groups in total. The van der Waals surface area contributed by atoms with Gasteiger partial charge in [0.1, 0.15) is 5.01 Å². The standard InChI is InChI=1S/C12H22N4O2S2.HI/c1-4-10-8-15-11(19-10)9-16-12(13-3)14-6-7-20(17,18)5-2;/h8H,4-7,9H2,1-3H3,(H2,13,14,16);1H. The summed E-state index contributed by atoms with van der Waals surface area (Å²) in [6.45, 7) is 4.69. The zero-order chi connectivity index (χ0) is 15.0. The summed E-state index contributed by atoms with van der Waals surface area (Å²) in [5, 5.41) is 7.10. The summed E-state index contributed by atoms with van der Waals surface area (Å²) in [5.41, 5.74) is 0. The molecule has 1 aromatic rings. The first-order valence-electron chi connectivity index (χ1n) is 6.59. The second kappa shape index (κ2) is 10.3. The van der Waals surface area contributed by atoms with E-state index in [2.05, 4.69) is 27.5 Å². The molecule has 0 saturated heterocycles. The summed E-state index contributed by atoms with van der Waals surface area (Å²) >= 11 is 1.66. The van der Waals surface area contributed by atoms with Crippen LogP contribution in [0.3, 0.4) is 0 Å². The molecule has 0 spiro atoms. The number of aliphatic imine (C=N–C) groups is 1. The number of nitrogens with zero attached hydrogens (tertiary/aromatic N) is 2. The highest BCUT2D eigenvalue weighted by Crippen LogP contribution is 2.12. The van der Waals surface area contributed by atoms with Crippen LogP contribution in [0.4, 0.5) is 0 Å². The van der Waals surface area contributed by atoms with Gasteiger partial charge < -0.3 is 10.6 Å². The van der Waals surface area contributed by atoms with Gasteiger partial charge in [0, 0.05) is 30.4 Å². The maximum Gasteiger partial charge on any atom is 0.191 e. The third-order valence-corrected chi connectivity index (χ3v) is 5.57. The molecule has 0 radical (unpaired) electrons. The van der Waals surface area contributed by atoms with Gasteiger partial charge in [0.15, 0.2) is 15.8 Å². The number of nitrogens with one attached hydrogen (secondary N) is 2. The highest BCUT2D eigenvalue weighted by atomic mass is 127. The zero-order valence-corrected chi connectivity index (χ0v) is 16.5. The highest BCUT2D eigenvalue weighted by Gasteiger charge is 2.07. The summed E-state index contributed by atoms with van der Waals surface area (Å²) in [6.07, 6.45) is 2.87. The monoisotopic (exact) mass is 446 g/mol. The topological polar surface area (TPSA) is 83.4 Å². The average Bonchev–Trinajstić information content (AvgIpc) is 2.90. The molecule has 0 bridgehead atoms. The molecule has 0 aromatic carbocycles. The normalized spacial score (nSPS) is 11.9. The maximum atomic E-state index is 11.4. The fraction of sp³-hybridized carbons (Fsp3) is 0.667. The van der Waals surface area contributed by atoms with Gasteiger partial charge in [-0.2, -0.15) is 0 Å². The van der Waals surface area contributed by atoms with Gasteiger partial charge in [-0.25, -0.2) is 13.4 Å². The van der Waals surface area contributed by atoms with Crippen LogP contribution >= 0.6 is 35.3 Å². The van der Waals surface area contributed by atoms with E-state index in [1.807, 2.05) is 6.20 Å². The molecule has 0 unspecified atom stereocenters. The van der Waals surface area contributed by atoms with E-state index >= 15 is 0 Å². The Balaban J connectivity index is 0.00000400. The number of guanidine groups is 1. The third kappa shape index (κ3) is 7.96. The maximum absolute atomic E-state index is 11.4. The molecule has 1 rings (SSSR count). The lowest BCUT2D eigenvalue weighted by Gasteiger charge is -2.10. The SMILES string of the molecule is CCc1cnc(CNC(=NC)NCCS(=O)(=O)CC)s1.I. The van der Waals surface area contributed by atoms with Crippen molar-refractivity contribution in [3.63, 3.8) is 0 Å². The lowest BCUT2D eigenvalue weighted by atomic mass is 10.4. The van der Waals surface area contributed by atoms with Crippen molar-refractivity contribution in [3.8, 4) is 0 Å². The van der Waals surface area contributed by atoms with Crippen molar-refractivity contribution >= 4 is 51.1 Å². The van der Waals surface area contributed by atoms with Crippen LogP contribution in [0.2, 0.25) is 0 Å². The summed E-state index contributed by atoms with van der Waals surface area (Å²) in [5.74, 6) is 0.866. The summed E-state index contributed by atoms with van der Waals surface area (Å²) in [6, 6.07) is 0. The van der Waals surface area contributed by atoms with E-state index in [9.17, 15) is 8.42 Å². The molecular formula is C12H23IN4O2S2. The van der Waals surface area contributed by atoms with Crippen molar-refractivity contribution < 1.29 is 8.42 Å². The van der Waals surface area contributed by atoms with E-state index in [1.54, 1.807) is 25.3 Å². The Labute approximate surface area is 147 Å². The van der Waals surface area contributed by atoms with Crippen LogP contribution in [0.5, 0.6) is 0 Å². The Hall–Kier alpha value is -0.420. The van der Waals surface area contributed by atoms with Crippen LogP contribution in [0, 0.1) is 0 Å². The molecular weight excluding hydrogens is 423 g/mol. The number of hydrogen-bond acceptors (Lipinski definition) is 5. The number of aromatic nitrogens is 1. The third-order valence-electron chi connectivity index (χ3n) is 2.73. The van der Waals surface area contributed by atoms with E-state index in [4.69, 9.17) is 0 Å². The van der Waals surface area contributed by atoms with Crippen LogP contribution in [-0.2, 0) is 22.8 Å². The first kappa shape index (κ1) is 20.6. The van der Waals surface area contributed by atoms with Gasteiger partial charge in [0.25, 0.3) is 0 Å². The van der Waals surface area contributed by atoms with Crippen molar-refractivity contribution in [2.24, 2.45) is 4.99 Å². The smallest absolute Gasteiger partial charge is 0.191 e. The van der Waals surface area contributed by atoms with Crippen LogP contribution in [0.15, 0.2) is 11.2 Å². The molecule has 6 nitrogen and oxygen atoms in total. The van der Waals surface area contributed by atoms with Gasteiger partial charge in [0.2, 0.25) is 0 Å². The Bertz CT molecular complexity index is 543.